The predicted molar refractivity (Wildman–Crippen MR) is 98.6 cm³/mol. The van der Waals surface area contributed by atoms with E-state index in [2.05, 4.69) is 10.4 Å². The number of carbonyl (C=O) groups excluding carboxylic acids is 1. The molecule has 146 valence electrons. The van der Waals surface area contributed by atoms with Gasteiger partial charge in [0.05, 0.1) is 16.9 Å². The minimum Gasteiger partial charge on any atom is -0.484 e. The normalized spacial score (nSPS) is 11.3. The van der Waals surface area contributed by atoms with E-state index in [1.54, 1.807) is 25.1 Å². The maximum absolute atomic E-state index is 13.0. The minimum absolute atomic E-state index is 0.192. The van der Waals surface area contributed by atoms with Gasteiger partial charge in [-0.2, -0.15) is 18.3 Å². The molecule has 0 spiro atoms. The molecule has 0 bridgehead atoms. The Morgan fingerprint density at radius 1 is 1.11 bits per heavy atom. The molecular formula is C20H18F3N3O2. The molecule has 0 aliphatic heterocycles. The average molecular weight is 389 g/mol. The number of hydrogen-bond acceptors (Lipinski definition) is 3. The molecule has 0 radical (unpaired) electrons. The predicted octanol–water partition coefficient (Wildman–Crippen LogP) is 4.53. The number of benzene rings is 2. The van der Waals surface area contributed by atoms with Crippen molar-refractivity contribution in [2.75, 3.05) is 11.9 Å². The van der Waals surface area contributed by atoms with Crippen LogP contribution in [0.3, 0.4) is 0 Å². The molecule has 8 heteroatoms. The van der Waals surface area contributed by atoms with Crippen LogP contribution in [-0.4, -0.2) is 22.3 Å². The zero-order valence-electron chi connectivity index (χ0n) is 15.2. The molecule has 1 amide bonds. The molecule has 0 unspecified atom stereocenters. The number of nitrogens with zero attached hydrogens (tertiary/aromatic N) is 2. The number of hydrogen-bond donors (Lipinski definition) is 1. The molecule has 1 heterocycles. The highest BCUT2D eigenvalue weighted by Crippen LogP contribution is 2.31. The average Bonchev–Trinajstić information content (AvgIpc) is 3.00. The van der Waals surface area contributed by atoms with Crippen molar-refractivity contribution in [1.82, 2.24) is 9.78 Å². The summed E-state index contributed by atoms with van der Waals surface area (Å²) in [5, 5.41) is 6.81. The summed E-state index contributed by atoms with van der Waals surface area (Å²) >= 11 is 0. The molecule has 5 nitrogen and oxygen atoms in total. The van der Waals surface area contributed by atoms with Crippen molar-refractivity contribution in [3.8, 4) is 11.4 Å². The molecular weight excluding hydrogens is 371 g/mol. The van der Waals surface area contributed by atoms with E-state index in [9.17, 15) is 18.0 Å². The van der Waals surface area contributed by atoms with Crippen molar-refractivity contribution < 1.29 is 22.7 Å². The second kappa shape index (κ2) is 7.75. The highest BCUT2D eigenvalue weighted by Gasteiger charge is 2.30. The largest absolute Gasteiger partial charge is 0.484 e. The van der Waals surface area contributed by atoms with Gasteiger partial charge in [0.25, 0.3) is 5.91 Å². The highest BCUT2D eigenvalue weighted by molar-refractivity contribution is 5.91. The van der Waals surface area contributed by atoms with Gasteiger partial charge < -0.3 is 10.1 Å². The lowest BCUT2D eigenvalue weighted by molar-refractivity contribution is -0.137. The number of halogens is 3. The van der Waals surface area contributed by atoms with E-state index in [0.29, 0.717) is 11.4 Å². The number of nitrogens with one attached hydrogen (secondary N) is 1. The van der Waals surface area contributed by atoms with Gasteiger partial charge in [-0.1, -0.05) is 18.2 Å². The Morgan fingerprint density at radius 2 is 1.86 bits per heavy atom. The van der Waals surface area contributed by atoms with E-state index in [1.165, 1.54) is 16.8 Å². The minimum atomic E-state index is -4.47. The topological polar surface area (TPSA) is 56.1 Å². The van der Waals surface area contributed by atoms with Gasteiger partial charge >= 0.3 is 6.18 Å². The van der Waals surface area contributed by atoms with Gasteiger partial charge in [0, 0.05) is 6.07 Å². The van der Waals surface area contributed by atoms with Crippen LogP contribution in [0.4, 0.5) is 19.0 Å². The Kier molecular flexibility index (Phi) is 5.39. The van der Waals surface area contributed by atoms with E-state index in [4.69, 9.17) is 4.74 Å². The lowest BCUT2D eigenvalue weighted by Gasteiger charge is -2.12. The summed E-state index contributed by atoms with van der Waals surface area (Å²) in [7, 11) is 0. The second-order valence-corrected chi connectivity index (χ2v) is 6.28. The van der Waals surface area contributed by atoms with Crippen LogP contribution in [0.1, 0.15) is 16.8 Å². The summed E-state index contributed by atoms with van der Waals surface area (Å²) in [5.41, 5.74) is 0.944. The van der Waals surface area contributed by atoms with Crippen molar-refractivity contribution in [3.05, 3.63) is 71.4 Å². The smallest absolute Gasteiger partial charge is 0.416 e. The summed E-state index contributed by atoms with van der Waals surface area (Å²) in [6.07, 6.45) is -4.47. The molecule has 0 saturated heterocycles. The number of aryl methyl sites for hydroxylation is 2. The highest BCUT2D eigenvalue weighted by atomic mass is 19.4. The van der Waals surface area contributed by atoms with Crippen LogP contribution in [0.15, 0.2) is 54.6 Å². The van der Waals surface area contributed by atoms with E-state index >= 15 is 0 Å². The van der Waals surface area contributed by atoms with Gasteiger partial charge in [-0.25, -0.2) is 4.68 Å². The molecule has 0 fully saturated rings. The maximum Gasteiger partial charge on any atom is 0.416 e. The number of carbonyl (C=O) groups is 1. The number of amides is 1. The third-order valence-electron chi connectivity index (χ3n) is 3.88. The number of rotatable bonds is 5. The summed E-state index contributed by atoms with van der Waals surface area (Å²) in [6.45, 7) is 3.35. The molecule has 0 atom stereocenters. The number of anilines is 1. The second-order valence-electron chi connectivity index (χ2n) is 6.28. The van der Waals surface area contributed by atoms with E-state index in [1.807, 2.05) is 19.1 Å². The Morgan fingerprint density at radius 3 is 2.57 bits per heavy atom. The molecule has 1 N–H and O–H groups in total. The molecule has 0 aliphatic rings. The van der Waals surface area contributed by atoms with Gasteiger partial charge in [-0.05, 0) is 49.7 Å². The van der Waals surface area contributed by atoms with Gasteiger partial charge in [-0.15, -0.1) is 0 Å². The molecule has 3 aromatic rings. The third-order valence-corrected chi connectivity index (χ3v) is 3.88. The van der Waals surface area contributed by atoms with Gasteiger partial charge in [-0.3, -0.25) is 4.79 Å². The van der Waals surface area contributed by atoms with Gasteiger partial charge in [0.15, 0.2) is 6.61 Å². The molecule has 0 aliphatic carbocycles. The van der Waals surface area contributed by atoms with E-state index in [0.717, 1.165) is 17.7 Å². The number of ether oxygens (including phenoxy) is 1. The fraction of sp³-hybridized carbons (Fsp3) is 0.200. The van der Waals surface area contributed by atoms with Crippen LogP contribution in [0, 0.1) is 13.8 Å². The zero-order valence-corrected chi connectivity index (χ0v) is 15.2. The first-order valence-corrected chi connectivity index (χ1v) is 8.46. The molecule has 28 heavy (non-hydrogen) atoms. The SMILES string of the molecule is Cc1cccc(OCC(=O)Nc2cc(C)nn2-c2cccc(C(F)(F)F)c2)c1. The Balaban J connectivity index is 1.76. The molecule has 1 aromatic heterocycles. The Hall–Kier alpha value is -3.29. The summed E-state index contributed by atoms with van der Waals surface area (Å²) in [4.78, 5) is 12.2. The number of aromatic nitrogens is 2. The van der Waals surface area contributed by atoms with Crippen molar-refractivity contribution in [2.45, 2.75) is 20.0 Å². The summed E-state index contributed by atoms with van der Waals surface area (Å²) in [5.74, 6) is 0.363. The fourth-order valence-corrected chi connectivity index (χ4v) is 2.63. The first kappa shape index (κ1) is 19.5. The van der Waals surface area contributed by atoms with Crippen LogP contribution in [-0.2, 0) is 11.0 Å². The zero-order chi connectivity index (χ0) is 20.3. The van der Waals surface area contributed by atoms with Crippen LogP contribution in [0.2, 0.25) is 0 Å². The maximum atomic E-state index is 13.0. The monoisotopic (exact) mass is 389 g/mol. The lowest BCUT2D eigenvalue weighted by atomic mass is 10.2. The van der Waals surface area contributed by atoms with Crippen molar-refractivity contribution >= 4 is 11.7 Å². The molecule has 0 saturated carbocycles. The van der Waals surface area contributed by atoms with Gasteiger partial charge in [0.1, 0.15) is 11.6 Å². The van der Waals surface area contributed by atoms with Crippen molar-refractivity contribution in [2.24, 2.45) is 0 Å². The Bertz CT molecular complexity index is 996. The lowest BCUT2D eigenvalue weighted by Crippen LogP contribution is -2.22. The molecule has 2 aromatic carbocycles. The van der Waals surface area contributed by atoms with Crippen LogP contribution >= 0.6 is 0 Å². The van der Waals surface area contributed by atoms with E-state index < -0.39 is 17.6 Å². The Labute approximate surface area is 159 Å². The van der Waals surface area contributed by atoms with Crippen molar-refractivity contribution in [1.29, 1.82) is 0 Å². The first-order chi connectivity index (χ1) is 13.2. The standard InChI is InChI=1S/C20H18F3N3O2/c1-13-5-3-8-17(9-13)28-12-19(27)24-18-10-14(2)25-26(18)16-7-4-6-15(11-16)20(21,22)23/h3-11H,12H2,1-2H3,(H,24,27). The van der Waals surface area contributed by atoms with Crippen molar-refractivity contribution in [3.63, 3.8) is 0 Å². The van der Waals surface area contributed by atoms with Gasteiger partial charge in [0.2, 0.25) is 0 Å². The number of alkyl halides is 3. The van der Waals surface area contributed by atoms with E-state index in [-0.39, 0.29) is 18.1 Å². The third kappa shape index (κ3) is 4.70. The molecule has 3 rings (SSSR count). The van der Waals surface area contributed by atoms with Crippen LogP contribution in [0.25, 0.3) is 5.69 Å². The quantitative estimate of drug-likeness (QED) is 0.698. The van der Waals surface area contributed by atoms with Crippen LogP contribution in [0.5, 0.6) is 5.75 Å². The summed E-state index contributed by atoms with van der Waals surface area (Å²) in [6, 6.07) is 13.6. The first-order valence-electron chi connectivity index (χ1n) is 8.46. The van der Waals surface area contributed by atoms with Crippen LogP contribution < -0.4 is 10.1 Å². The fourth-order valence-electron chi connectivity index (χ4n) is 2.63. The summed E-state index contributed by atoms with van der Waals surface area (Å²) < 4.78 is 45.6.